The minimum absolute atomic E-state index is 0.178. The van der Waals surface area contributed by atoms with E-state index in [0.717, 1.165) is 5.56 Å². The summed E-state index contributed by atoms with van der Waals surface area (Å²) < 4.78 is 13.1. The zero-order valence-electron chi connectivity index (χ0n) is 15.7. The van der Waals surface area contributed by atoms with Crippen molar-refractivity contribution in [2.24, 2.45) is 10.7 Å². The molecule has 2 aromatic carbocycles. The van der Waals surface area contributed by atoms with Gasteiger partial charge in [-0.25, -0.2) is 9.38 Å². The summed E-state index contributed by atoms with van der Waals surface area (Å²) in [6, 6.07) is 15.6. The molecule has 0 heterocycles. The van der Waals surface area contributed by atoms with Crippen LogP contribution in [0.4, 0.5) is 4.39 Å². The Morgan fingerprint density at radius 3 is 2.50 bits per heavy atom. The highest BCUT2D eigenvalue weighted by molar-refractivity contribution is 6.13. The average molecular weight is 377 g/mol. The topological polar surface area (TPSA) is 86.3 Å². The number of benzene rings is 2. The van der Waals surface area contributed by atoms with Crippen LogP contribution in [0.2, 0.25) is 0 Å². The van der Waals surface area contributed by atoms with Crippen LogP contribution in [0, 0.1) is 11.2 Å². The van der Waals surface area contributed by atoms with Gasteiger partial charge in [-0.3, -0.25) is 5.41 Å². The summed E-state index contributed by atoms with van der Waals surface area (Å²) >= 11 is 0. The predicted molar refractivity (Wildman–Crippen MR) is 114 cm³/mol. The Kier molecular flexibility index (Phi) is 7.72. The normalized spacial score (nSPS) is 12.1. The molecular formula is C22H24FN5. The molecule has 0 fully saturated rings. The fourth-order valence-electron chi connectivity index (χ4n) is 2.36. The summed E-state index contributed by atoms with van der Waals surface area (Å²) in [5, 5.41) is 14.3. The van der Waals surface area contributed by atoms with Crippen LogP contribution in [-0.2, 0) is 6.54 Å². The van der Waals surface area contributed by atoms with Gasteiger partial charge in [-0.15, -0.1) is 0 Å². The average Bonchev–Trinajstić information content (AvgIpc) is 2.71. The minimum Gasteiger partial charge on any atom is -0.398 e. The molecule has 5 N–H and O–H groups in total. The van der Waals surface area contributed by atoms with Gasteiger partial charge in [0, 0.05) is 42.8 Å². The molecule has 0 aliphatic heterocycles. The van der Waals surface area contributed by atoms with Crippen LogP contribution < -0.4 is 16.4 Å². The lowest BCUT2D eigenvalue weighted by Gasteiger charge is -2.10. The van der Waals surface area contributed by atoms with Crippen molar-refractivity contribution in [3.05, 3.63) is 107 Å². The van der Waals surface area contributed by atoms with Crippen LogP contribution in [0.5, 0.6) is 0 Å². The van der Waals surface area contributed by atoms with Crippen molar-refractivity contribution in [3.63, 3.8) is 0 Å². The van der Waals surface area contributed by atoms with E-state index in [1.54, 1.807) is 19.3 Å². The van der Waals surface area contributed by atoms with Crippen LogP contribution in [-0.4, -0.2) is 19.0 Å². The summed E-state index contributed by atoms with van der Waals surface area (Å²) in [6.45, 7) is 4.48. The fraction of sp³-hybridized carbons (Fsp3) is 0.0909. The zero-order valence-corrected chi connectivity index (χ0v) is 15.7. The SMILES string of the molecule is C=C(\N=C/C=C(N)/C(=C/NC)C(=N)c1ccc(F)cc1)NCc1ccccc1. The van der Waals surface area contributed by atoms with Crippen molar-refractivity contribution >= 4 is 11.9 Å². The molecule has 2 aromatic rings. The van der Waals surface area contributed by atoms with Gasteiger partial charge in [-0.05, 0) is 35.9 Å². The number of halogens is 1. The van der Waals surface area contributed by atoms with Crippen LogP contribution in [0.25, 0.3) is 0 Å². The first-order valence-electron chi connectivity index (χ1n) is 8.70. The molecule has 0 unspecified atom stereocenters. The van der Waals surface area contributed by atoms with Gasteiger partial charge in [0.05, 0.1) is 5.71 Å². The van der Waals surface area contributed by atoms with Gasteiger partial charge < -0.3 is 16.4 Å². The maximum absolute atomic E-state index is 13.1. The molecule has 144 valence electrons. The second-order valence-electron chi connectivity index (χ2n) is 5.91. The summed E-state index contributed by atoms with van der Waals surface area (Å²) in [5.74, 6) is 0.147. The molecule has 0 aliphatic rings. The Bertz CT molecular complexity index is 896. The number of hydrogen-bond acceptors (Lipinski definition) is 5. The maximum Gasteiger partial charge on any atom is 0.123 e. The van der Waals surface area contributed by atoms with E-state index >= 15 is 0 Å². The fourth-order valence-corrected chi connectivity index (χ4v) is 2.36. The molecule has 0 spiro atoms. The second kappa shape index (κ2) is 10.5. The lowest BCUT2D eigenvalue weighted by molar-refractivity contribution is 0.628. The van der Waals surface area contributed by atoms with Crippen LogP contribution in [0.1, 0.15) is 11.1 Å². The van der Waals surface area contributed by atoms with Crippen LogP contribution >= 0.6 is 0 Å². The van der Waals surface area contributed by atoms with Crippen LogP contribution in [0.3, 0.4) is 0 Å². The van der Waals surface area contributed by atoms with E-state index in [0.29, 0.717) is 29.2 Å². The molecule has 0 saturated carbocycles. The highest BCUT2D eigenvalue weighted by Gasteiger charge is 2.10. The minimum atomic E-state index is -0.354. The second-order valence-corrected chi connectivity index (χ2v) is 5.91. The quantitative estimate of drug-likeness (QED) is 0.399. The molecule has 0 aliphatic carbocycles. The maximum atomic E-state index is 13.1. The van der Waals surface area contributed by atoms with E-state index < -0.39 is 0 Å². The van der Waals surface area contributed by atoms with E-state index in [1.165, 1.54) is 30.5 Å². The standard InChI is InChI=1S/C22H24FN5/c1-16(28-14-17-6-4-3-5-7-17)27-13-12-21(24)20(15-26-2)22(25)18-8-10-19(23)11-9-18/h3-13,15,25-26,28H,1,14,24H2,2H3/b20-15-,21-12-,25-22?,27-13-. The molecule has 2 rings (SSSR count). The van der Waals surface area contributed by atoms with Crippen molar-refractivity contribution in [1.82, 2.24) is 10.6 Å². The molecule has 28 heavy (non-hydrogen) atoms. The number of aliphatic imine (C=N–C) groups is 1. The number of nitrogens with one attached hydrogen (secondary N) is 3. The molecule has 0 amide bonds. The number of hydrogen-bond donors (Lipinski definition) is 4. The van der Waals surface area contributed by atoms with E-state index in [-0.39, 0.29) is 11.5 Å². The predicted octanol–water partition coefficient (Wildman–Crippen LogP) is 3.47. The van der Waals surface area contributed by atoms with Crippen LogP contribution in [0.15, 0.2) is 95.5 Å². The Hall–Kier alpha value is -3.67. The third-order valence-electron chi connectivity index (χ3n) is 3.83. The van der Waals surface area contributed by atoms with E-state index in [1.807, 2.05) is 30.3 Å². The van der Waals surface area contributed by atoms with Gasteiger partial charge in [0.15, 0.2) is 0 Å². The molecule has 5 nitrogen and oxygen atoms in total. The highest BCUT2D eigenvalue weighted by Crippen LogP contribution is 2.13. The third kappa shape index (κ3) is 6.25. The first-order valence-corrected chi connectivity index (χ1v) is 8.70. The number of nitrogens with zero attached hydrogens (tertiary/aromatic N) is 1. The van der Waals surface area contributed by atoms with Gasteiger partial charge >= 0.3 is 0 Å². The van der Waals surface area contributed by atoms with Gasteiger partial charge in [-0.2, -0.15) is 0 Å². The van der Waals surface area contributed by atoms with Crippen molar-refractivity contribution in [2.45, 2.75) is 6.54 Å². The lowest BCUT2D eigenvalue weighted by atomic mass is 10.0. The first kappa shape index (κ1) is 20.6. The van der Waals surface area contributed by atoms with E-state index in [9.17, 15) is 4.39 Å². The molecule has 0 aromatic heterocycles. The van der Waals surface area contributed by atoms with Gasteiger partial charge in [-0.1, -0.05) is 36.9 Å². The molecule has 0 saturated heterocycles. The van der Waals surface area contributed by atoms with E-state index in [4.69, 9.17) is 11.1 Å². The van der Waals surface area contributed by atoms with Crippen molar-refractivity contribution in [3.8, 4) is 0 Å². The first-order chi connectivity index (χ1) is 13.5. The molecule has 0 radical (unpaired) electrons. The summed E-state index contributed by atoms with van der Waals surface area (Å²) in [4.78, 5) is 4.21. The monoisotopic (exact) mass is 377 g/mol. The Labute approximate surface area is 164 Å². The summed E-state index contributed by atoms with van der Waals surface area (Å²) in [6.07, 6.45) is 4.74. The Morgan fingerprint density at radius 2 is 1.86 bits per heavy atom. The number of nitrogens with two attached hydrogens (primary N) is 1. The highest BCUT2D eigenvalue weighted by atomic mass is 19.1. The Morgan fingerprint density at radius 1 is 1.18 bits per heavy atom. The van der Waals surface area contributed by atoms with Gasteiger partial charge in [0.1, 0.15) is 11.6 Å². The zero-order chi connectivity index (χ0) is 20.4. The number of rotatable bonds is 9. The molecule has 6 heteroatoms. The van der Waals surface area contributed by atoms with Gasteiger partial charge in [0.2, 0.25) is 0 Å². The largest absolute Gasteiger partial charge is 0.398 e. The molecule has 0 atom stereocenters. The molecule has 0 bridgehead atoms. The number of allylic oxidation sites excluding steroid dienone is 2. The van der Waals surface area contributed by atoms with Crippen molar-refractivity contribution < 1.29 is 4.39 Å². The Balaban J connectivity index is 2.02. The van der Waals surface area contributed by atoms with Crippen molar-refractivity contribution in [1.29, 1.82) is 5.41 Å². The van der Waals surface area contributed by atoms with Crippen molar-refractivity contribution in [2.75, 3.05) is 7.05 Å². The smallest absolute Gasteiger partial charge is 0.123 e. The van der Waals surface area contributed by atoms with E-state index in [2.05, 4.69) is 22.2 Å². The molecular weight excluding hydrogens is 353 g/mol. The summed E-state index contributed by atoms with van der Waals surface area (Å²) in [7, 11) is 1.72. The third-order valence-corrected chi connectivity index (χ3v) is 3.83. The lowest BCUT2D eigenvalue weighted by Crippen LogP contribution is -2.15. The summed E-state index contributed by atoms with van der Waals surface area (Å²) in [5.41, 5.74) is 8.81. The van der Waals surface area contributed by atoms with Gasteiger partial charge in [0.25, 0.3) is 0 Å².